The number of ether oxygens (including phenoxy) is 1. The number of hydrogen-bond donors (Lipinski definition) is 1. The van der Waals surface area contributed by atoms with Crippen molar-refractivity contribution in [2.75, 3.05) is 5.73 Å². The molecule has 2 N–H and O–H groups in total. The number of nitrogens with zero attached hydrogens (tertiary/aromatic N) is 2. The third-order valence-corrected chi connectivity index (χ3v) is 3.16. The molecule has 2 atom stereocenters. The first-order chi connectivity index (χ1) is 7.65. The first-order valence-corrected chi connectivity index (χ1v) is 5.97. The average Bonchev–Trinajstić information content (AvgIpc) is 2.24. The van der Waals surface area contributed by atoms with E-state index in [9.17, 15) is 0 Å². The fourth-order valence-electron chi connectivity index (χ4n) is 2.09. The van der Waals surface area contributed by atoms with Gasteiger partial charge >= 0.3 is 0 Å². The van der Waals surface area contributed by atoms with E-state index in [0.29, 0.717) is 16.8 Å². The molecule has 1 fully saturated rings. The topological polar surface area (TPSA) is 61.0 Å². The maximum atomic E-state index is 5.95. The molecule has 16 heavy (non-hydrogen) atoms. The summed E-state index contributed by atoms with van der Waals surface area (Å²) in [7, 11) is 0. The minimum atomic E-state index is 0.197. The summed E-state index contributed by atoms with van der Waals surface area (Å²) in [5.74, 6) is 1.31. The minimum Gasteiger partial charge on any atom is -0.473 e. The van der Waals surface area contributed by atoms with E-state index in [4.69, 9.17) is 22.1 Å². The second kappa shape index (κ2) is 4.87. The first-order valence-electron chi connectivity index (χ1n) is 5.60. The van der Waals surface area contributed by atoms with Crippen LogP contribution in [0.15, 0.2) is 6.20 Å². The fourth-order valence-corrected chi connectivity index (χ4v) is 2.23. The van der Waals surface area contributed by atoms with Crippen LogP contribution in [0.5, 0.6) is 5.88 Å². The summed E-state index contributed by atoms with van der Waals surface area (Å²) < 4.78 is 5.77. The Kier molecular flexibility index (Phi) is 3.49. The zero-order chi connectivity index (χ0) is 11.5. The monoisotopic (exact) mass is 241 g/mol. The number of nitrogens with two attached hydrogens (primary N) is 1. The lowest BCUT2D eigenvalue weighted by Gasteiger charge is -2.27. The van der Waals surface area contributed by atoms with Crippen LogP contribution in [0.3, 0.4) is 0 Å². The van der Waals surface area contributed by atoms with Gasteiger partial charge in [0.15, 0.2) is 0 Å². The van der Waals surface area contributed by atoms with Crippen LogP contribution in [-0.4, -0.2) is 16.1 Å². The minimum absolute atomic E-state index is 0.197. The predicted octanol–water partition coefficient (Wildman–Crippen LogP) is 2.67. The molecular weight excluding hydrogens is 226 g/mol. The van der Waals surface area contributed by atoms with Crippen molar-refractivity contribution in [3.63, 3.8) is 0 Å². The van der Waals surface area contributed by atoms with Crippen molar-refractivity contribution >= 4 is 17.5 Å². The average molecular weight is 242 g/mol. The van der Waals surface area contributed by atoms with Crippen molar-refractivity contribution in [2.45, 2.75) is 38.7 Å². The van der Waals surface area contributed by atoms with Crippen LogP contribution in [0.1, 0.15) is 32.6 Å². The molecule has 0 bridgehead atoms. The number of halogens is 1. The third-order valence-electron chi connectivity index (χ3n) is 2.90. The molecule has 0 radical (unpaired) electrons. The van der Waals surface area contributed by atoms with Crippen LogP contribution >= 0.6 is 11.6 Å². The molecule has 1 saturated carbocycles. The van der Waals surface area contributed by atoms with Crippen LogP contribution in [0, 0.1) is 5.92 Å². The van der Waals surface area contributed by atoms with Crippen molar-refractivity contribution in [2.24, 2.45) is 5.92 Å². The van der Waals surface area contributed by atoms with Crippen molar-refractivity contribution in [1.29, 1.82) is 0 Å². The standard InChI is InChI=1S/C11H16ClN3O/c1-7-3-2-4-8(5-7)16-10-9(12)6-14-11(13)15-10/h6-8H,2-5H2,1H3,(H2,13,14,15). The molecule has 0 spiro atoms. The van der Waals surface area contributed by atoms with E-state index >= 15 is 0 Å². The second-order valence-corrected chi connectivity index (χ2v) is 4.80. The summed E-state index contributed by atoms with van der Waals surface area (Å²) in [6.45, 7) is 2.24. The fraction of sp³-hybridized carbons (Fsp3) is 0.636. The van der Waals surface area contributed by atoms with Gasteiger partial charge in [-0.25, -0.2) is 4.98 Å². The summed E-state index contributed by atoms with van der Waals surface area (Å²) in [5.41, 5.74) is 5.50. The summed E-state index contributed by atoms with van der Waals surface area (Å²) in [6, 6.07) is 0. The summed E-state index contributed by atoms with van der Waals surface area (Å²) >= 11 is 5.95. The molecule has 5 heteroatoms. The molecule has 0 saturated heterocycles. The van der Waals surface area contributed by atoms with Gasteiger partial charge in [-0.3, -0.25) is 0 Å². The molecule has 1 heterocycles. The van der Waals surface area contributed by atoms with E-state index in [1.165, 1.54) is 19.0 Å². The Hall–Kier alpha value is -1.03. The van der Waals surface area contributed by atoms with Crippen molar-refractivity contribution in [3.8, 4) is 5.88 Å². The van der Waals surface area contributed by atoms with Gasteiger partial charge in [0.1, 0.15) is 11.1 Å². The summed E-state index contributed by atoms with van der Waals surface area (Å²) in [4.78, 5) is 7.81. The van der Waals surface area contributed by atoms with E-state index in [2.05, 4.69) is 16.9 Å². The van der Waals surface area contributed by atoms with Crippen molar-refractivity contribution in [3.05, 3.63) is 11.2 Å². The number of rotatable bonds is 2. The van der Waals surface area contributed by atoms with Gasteiger partial charge in [-0.2, -0.15) is 4.98 Å². The maximum Gasteiger partial charge on any atom is 0.237 e. The molecule has 2 rings (SSSR count). The predicted molar refractivity (Wildman–Crippen MR) is 63.5 cm³/mol. The molecule has 1 aromatic rings. The molecule has 88 valence electrons. The number of hydrogen-bond acceptors (Lipinski definition) is 4. The normalized spacial score (nSPS) is 25.4. The Balaban J connectivity index is 2.05. The van der Waals surface area contributed by atoms with Crippen LogP contribution in [0.25, 0.3) is 0 Å². The van der Waals surface area contributed by atoms with Crippen molar-refractivity contribution < 1.29 is 4.74 Å². The Labute approximate surface area is 100 Å². The number of anilines is 1. The van der Waals surface area contributed by atoms with Gasteiger partial charge in [-0.15, -0.1) is 0 Å². The van der Waals surface area contributed by atoms with E-state index in [0.717, 1.165) is 12.8 Å². The molecule has 4 nitrogen and oxygen atoms in total. The molecule has 1 aliphatic rings. The lowest BCUT2D eigenvalue weighted by Crippen LogP contribution is -2.24. The molecule has 0 aromatic carbocycles. The summed E-state index contributed by atoms with van der Waals surface area (Å²) in [6.07, 6.45) is 6.27. The summed E-state index contributed by atoms with van der Waals surface area (Å²) in [5, 5.41) is 0.424. The maximum absolute atomic E-state index is 5.95. The van der Waals surface area contributed by atoms with E-state index in [1.54, 1.807) is 0 Å². The van der Waals surface area contributed by atoms with Gasteiger partial charge in [0.2, 0.25) is 11.8 Å². The molecular formula is C11H16ClN3O. The van der Waals surface area contributed by atoms with Crippen LogP contribution in [-0.2, 0) is 0 Å². The quantitative estimate of drug-likeness (QED) is 0.865. The van der Waals surface area contributed by atoms with Crippen molar-refractivity contribution in [1.82, 2.24) is 9.97 Å². The number of nitrogen functional groups attached to an aromatic ring is 1. The van der Waals surface area contributed by atoms with E-state index < -0.39 is 0 Å². The van der Waals surface area contributed by atoms with Gasteiger partial charge in [0.25, 0.3) is 0 Å². The largest absolute Gasteiger partial charge is 0.473 e. The molecule has 2 unspecified atom stereocenters. The van der Waals surface area contributed by atoms with Gasteiger partial charge < -0.3 is 10.5 Å². The Morgan fingerprint density at radius 3 is 3.06 bits per heavy atom. The third kappa shape index (κ3) is 2.76. The number of aromatic nitrogens is 2. The van der Waals surface area contributed by atoms with E-state index in [-0.39, 0.29) is 12.1 Å². The lowest BCUT2D eigenvalue weighted by molar-refractivity contribution is 0.124. The highest BCUT2D eigenvalue weighted by molar-refractivity contribution is 6.31. The molecule has 0 aliphatic heterocycles. The first kappa shape index (κ1) is 11.5. The Bertz CT molecular complexity index is 372. The van der Waals surface area contributed by atoms with Gasteiger partial charge in [0, 0.05) is 0 Å². The smallest absolute Gasteiger partial charge is 0.237 e. The molecule has 1 aromatic heterocycles. The molecule has 0 amide bonds. The highest BCUT2D eigenvalue weighted by Crippen LogP contribution is 2.29. The van der Waals surface area contributed by atoms with Crippen LogP contribution in [0.4, 0.5) is 5.95 Å². The van der Waals surface area contributed by atoms with Gasteiger partial charge in [0.05, 0.1) is 6.20 Å². The van der Waals surface area contributed by atoms with Crippen LogP contribution in [0.2, 0.25) is 5.02 Å². The van der Waals surface area contributed by atoms with Crippen LogP contribution < -0.4 is 10.5 Å². The SMILES string of the molecule is CC1CCCC(Oc2nc(N)ncc2Cl)C1. The molecule has 1 aliphatic carbocycles. The zero-order valence-electron chi connectivity index (χ0n) is 9.32. The Morgan fingerprint density at radius 1 is 1.50 bits per heavy atom. The Morgan fingerprint density at radius 2 is 2.31 bits per heavy atom. The highest BCUT2D eigenvalue weighted by atomic mass is 35.5. The van der Waals surface area contributed by atoms with Gasteiger partial charge in [-0.1, -0.05) is 24.9 Å². The zero-order valence-corrected chi connectivity index (χ0v) is 10.1. The van der Waals surface area contributed by atoms with E-state index in [1.807, 2.05) is 0 Å². The van der Waals surface area contributed by atoms with Gasteiger partial charge in [-0.05, 0) is 25.2 Å². The lowest BCUT2D eigenvalue weighted by atomic mass is 9.89. The second-order valence-electron chi connectivity index (χ2n) is 4.39. The highest BCUT2D eigenvalue weighted by Gasteiger charge is 2.21.